The second-order valence-corrected chi connectivity index (χ2v) is 4.69. The second-order valence-electron chi connectivity index (χ2n) is 4.69. The summed E-state index contributed by atoms with van der Waals surface area (Å²) in [6.07, 6.45) is 1.44. The van der Waals surface area contributed by atoms with Gasteiger partial charge >= 0.3 is 5.97 Å². The smallest absolute Gasteiger partial charge is 0.340 e. The molecular weight excluding hydrogens is 270 g/mol. The maximum atomic E-state index is 12.3. The third-order valence-corrected chi connectivity index (χ3v) is 2.98. The first-order valence-corrected chi connectivity index (χ1v) is 6.54. The van der Waals surface area contributed by atoms with Gasteiger partial charge in [-0.2, -0.15) is 0 Å². The molecule has 0 aliphatic heterocycles. The number of amides is 1. The molecule has 1 unspecified atom stereocenters. The van der Waals surface area contributed by atoms with Crippen LogP contribution in [0.5, 0.6) is 0 Å². The van der Waals surface area contributed by atoms with Crippen LogP contribution in [0.1, 0.15) is 19.4 Å². The summed E-state index contributed by atoms with van der Waals surface area (Å²) in [5.41, 5.74) is -0.965. The van der Waals surface area contributed by atoms with Gasteiger partial charge in [0.15, 0.2) is 5.78 Å². The van der Waals surface area contributed by atoms with E-state index >= 15 is 0 Å². The average Bonchev–Trinajstić information content (AvgIpc) is 2.44. The minimum Gasteiger partial charge on any atom is -0.459 e. The molecule has 0 spiro atoms. The Morgan fingerprint density at radius 2 is 1.86 bits per heavy atom. The van der Waals surface area contributed by atoms with Crippen LogP contribution in [0.2, 0.25) is 0 Å². The number of ether oxygens (including phenoxy) is 1. The van der Waals surface area contributed by atoms with Gasteiger partial charge < -0.3 is 10.1 Å². The quantitative estimate of drug-likeness (QED) is 0.468. The standard InChI is InChI=1S/C16H19NO4/c1-4-10-21-15(20)16(12(2)18,17-13(3)19)11-14-8-6-5-7-9-14/h4-9H,1,10-11H2,2-3H3,(H,17,19). The van der Waals surface area contributed by atoms with Crippen LogP contribution >= 0.6 is 0 Å². The summed E-state index contributed by atoms with van der Waals surface area (Å²) in [6.45, 7) is 5.94. The van der Waals surface area contributed by atoms with Crippen LogP contribution in [0.3, 0.4) is 0 Å². The predicted octanol–water partition coefficient (Wildman–Crippen LogP) is 1.42. The Kier molecular flexibility index (Phi) is 5.84. The Labute approximate surface area is 124 Å². The van der Waals surface area contributed by atoms with Crippen LogP contribution in [0.25, 0.3) is 0 Å². The Bertz CT molecular complexity index is 538. The van der Waals surface area contributed by atoms with E-state index in [1.54, 1.807) is 24.3 Å². The number of ketones is 1. The molecule has 0 saturated heterocycles. The zero-order valence-electron chi connectivity index (χ0n) is 12.2. The fourth-order valence-corrected chi connectivity index (χ4v) is 1.98. The Hall–Kier alpha value is -2.43. The van der Waals surface area contributed by atoms with Crippen LogP contribution < -0.4 is 5.32 Å². The third-order valence-electron chi connectivity index (χ3n) is 2.98. The van der Waals surface area contributed by atoms with Crippen molar-refractivity contribution in [1.29, 1.82) is 0 Å². The summed E-state index contributed by atoms with van der Waals surface area (Å²) in [6, 6.07) is 8.97. The van der Waals surface area contributed by atoms with Crippen LogP contribution in [0.4, 0.5) is 0 Å². The van der Waals surface area contributed by atoms with E-state index in [0.717, 1.165) is 5.56 Å². The molecule has 1 aromatic rings. The molecule has 1 atom stereocenters. The minimum absolute atomic E-state index is 0.0256. The summed E-state index contributed by atoms with van der Waals surface area (Å²) in [7, 11) is 0. The lowest BCUT2D eigenvalue weighted by Crippen LogP contribution is -2.61. The van der Waals surface area contributed by atoms with E-state index in [9.17, 15) is 14.4 Å². The van der Waals surface area contributed by atoms with Crippen LogP contribution in [-0.4, -0.2) is 29.8 Å². The van der Waals surface area contributed by atoms with Crippen molar-refractivity contribution >= 4 is 17.7 Å². The highest BCUT2D eigenvalue weighted by atomic mass is 16.5. The van der Waals surface area contributed by atoms with Gasteiger partial charge in [0.05, 0.1) is 0 Å². The van der Waals surface area contributed by atoms with E-state index in [1.165, 1.54) is 19.9 Å². The van der Waals surface area contributed by atoms with Gasteiger partial charge in [0, 0.05) is 13.3 Å². The number of hydrogen-bond donors (Lipinski definition) is 1. The predicted molar refractivity (Wildman–Crippen MR) is 78.5 cm³/mol. The van der Waals surface area contributed by atoms with Gasteiger partial charge in [-0.1, -0.05) is 43.0 Å². The molecule has 0 heterocycles. The van der Waals surface area contributed by atoms with Gasteiger partial charge in [-0.05, 0) is 12.5 Å². The highest BCUT2D eigenvalue weighted by Crippen LogP contribution is 2.18. The van der Waals surface area contributed by atoms with Crippen LogP contribution in [0, 0.1) is 0 Å². The van der Waals surface area contributed by atoms with Gasteiger partial charge in [-0.3, -0.25) is 9.59 Å². The highest BCUT2D eigenvalue weighted by molar-refractivity contribution is 6.10. The molecule has 112 valence electrons. The molecule has 0 aliphatic carbocycles. The number of Topliss-reactive ketones (excluding diaryl/α,β-unsaturated/α-hetero) is 1. The monoisotopic (exact) mass is 289 g/mol. The largest absolute Gasteiger partial charge is 0.459 e. The maximum absolute atomic E-state index is 12.3. The van der Waals surface area contributed by atoms with E-state index < -0.39 is 23.2 Å². The summed E-state index contributed by atoms with van der Waals surface area (Å²) >= 11 is 0. The lowest BCUT2D eigenvalue weighted by atomic mass is 9.87. The van der Waals surface area contributed by atoms with Gasteiger partial charge in [-0.15, -0.1) is 0 Å². The van der Waals surface area contributed by atoms with Gasteiger partial charge in [0.25, 0.3) is 0 Å². The van der Waals surface area contributed by atoms with Crippen LogP contribution in [-0.2, 0) is 25.5 Å². The van der Waals surface area contributed by atoms with Gasteiger partial charge in [0.2, 0.25) is 11.4 Å². The molecule has 1 amide bonds. The second kappa shape index (κ2) is 7.38. The summed E-state index contributed by atoms with van der Waals surface area (Å²) in [5, 5.41) is 2.45. The molecule has 5 heteroatoms. The van der Waals surface area contributed by atoms with Crippen molar-refractivity contribution in [3.05, 3.63) is 48.6 Å². The average molecular weight is 289 g/mol. The molecule has 0 radical (unpaired) electrons. The molecule has 0 saturated carbocycles. The maximum Gasteiger partial charge on any atom is 0.340 e. The summed E-state index contributed by atoms with van der Waals surface area (Å²) in [4.78, 5) is 35.8. The molecule has 1 rings (SSSR count). The van der Waals surface area contributed by atoms with Crippen molar-refractivity contribution in [3.8, 4) is 0 Å². The first kappa shape index (κ1) is 16.6. The highest BCUT2D eigenvalue weighted by Gasteiger charge is 2.45. The molecule has 0 aromatic heterocycles. The van der Waals surface area contributed by atoms with E-state index in [1.807, 2.05) is 6.07 Å². The fraction of sp³-hybridized carbons (Fsp3) is 0.312. The molecule has 0 fully saturated rings. The molecule has 5 nitrogen and oxygen atoms in total. The van der Waals surface area contributed by atoms with Gasteiger partial charge in [-0.25, -0.2) is 4.79 Å². The van der Waals surface area contributed by atoms with Crippen molar-refractivity contribution in [2.45, 2.75) is 25.8 Å². The first-order valence-electron chi connectivity index (χ1n) is 6.54. The van der Waals surface area contributed by atoms with Gasteiger partial charge in [0.1, 0.15) is 6.61 Å². The minimum atomic E-state index is -1.71. The SMILES string of the molecule is C=CCOC(=O)C(Cc1ccccc1)(NC(C)=O)C(C)=O. The van der Waals surface area contributed by atoms with Crippen molar-refractivity contribution in [2.24, 2.45) is 0 Å². The van der Waals surface area contributed by atoms with Crippen molar-refractivity contribution in [3.63, 3.8) is 0 Å². The summed E-state index contributed by atoms with van der Waals surface area (Å²) in [5.74, 6) is -1.73. The zero-order valence-corrected chi connectivity index (χ0v) is 12.2. The Balaban J connectivity index is 3.17. The normalized spacial score (nSPS) is 12.9. The number of benzene rings is 1. The third kappa shape index (κ3) is 4.27. The van der Waals surface area contributed by atoms with E-state index in [0.29, 0.717) is 0 Å². The number of nitrogens with one attached hydrogen (secondary N) is 1. The van der Waals surface area contributed by atoms with Crippen LogP contribution in [0.15, 0.2) is 43.0 Å². The Morgan fingerprint density at radius 3 is 2.33 bits per heavy atom. The number of hydrogen-bond acceptors (Lipinski definition) is 4. The lowest BCUT2D eigenvalue weighted by molar-refractivity contribution is -0.156. The molecule has 0 bridgehead atoms. The molecule has 1 aromatic carbocycles. The number of carbonyl (C=O) groups is 3. The number of esters is 1. The van der Waals surface area contributed by atoms with Crippen molar-refractivity contribution < 1.29 is 19.1 Å². The van der Waals surface area contributed by atoms with E-state index in [2.05, 4.69) is 11.9 Å². The molecular formula is C16H19NO4. The first-order chi connectivity index (χ1) is 9.92. The molecule has 1 N–H and O–H groups in total. The molecule has 0 aliphatic rings. The lowest BCUT2D eigenvalue weighted by Gasteiger charge is -2.29. The van der Waals surface area contributed by atoms with E-state index in [-0.39, 0.29) is 13.0 Å². The summed E-state index contributed by atoms with van der Waals surface area (Å²) < 4.78 is 5.00. The number of carbonyl (C=O) groups excluding carboxylic acids is 3. The fourth-order valence-electron chi connectivity index (χ4n) is 1.98. The zero-order chi connectivity index (χ0) is 15.9. The Morgan fingerprint density at radius 1 is 1.24 bits per heavy atom. The van der Waals surface area contributed by atoms with E-state index in [4.69, 9.17) is 4.74 Å². The molecule has 21 heavy (non-hydrogen) atoms. The van der Waals surface area contributed by atoms with Crippen molar-refractivity contribution in [1.82, 2.24) is 5.32 Å². The topological polar surface area (TPSA) is 72.5 Å². The number of rotatable bonds is 7. The van der Waals surface area contributed by atoms with Crippen molar-refractivity contribution in [2.75, 3.05) is 6.61 Å².